The number of carbonyl (C=O) groups is 1. The first-order chi connectivity index (χ1) is 16.2. The number of fused-ring (bicyclic) bond motifs is 3. The molecule has 0 radical (unpaired) electrons. The molecular formula is C26H29FN2O4S. The van der Waals surface area contributed by atoms with Crippen molar-refractivity contribution in [2.45, 2.75) is 43.1 Å². The number of nitrogens with zero attached hydrogens (tertiary/aromatic N) is 1. The minimum atomic E-state index is -1.04. The second-order valence-electron chi connectivity index (χ2n) is 10.2. The molecule has 5 rings (SSSR count). The molecule has 34 heavy (non-hydrogen) atoms. The highest BCUT2D eigenvalue weighted by Crippen LogP contribution is 2.64. The minimum Gasteiger partial charge on any atom is -0.492 e. The number of nitrogens with one attached hydrogen (secondary N) is 1. The maximum Gasteiger partial charge on any atom is 0.341 e. The molecule has 3 N–H and O–H groups in total. The molecule has 2 heterocycles. The van der Waals surface area contributed by atoms with Crippen LogP contribution in [0, 0.1) is 11.2 Å². The maximum absolute atomic E-state index is 14.0. The lowest BCUT2D eigenvalue weighted by Crippen LogP contribution is -2.29. The molecular weight excluding hydrogens is 455 g/mol. The highest BCUT2D eigenvalue weighted by atomic mass is 32.2. The van der Waals surface area contributed by atoms with Crippen LogP contribution in [0.1, 0.15) is 54.1 Å². The molecule has 3 aliphatic rings. The Hall–Kier alpha value is -2.55. The van der Waals surface area contributed by atoms with Crippen LogP contribution < -0.4 is 9.46 Å². The van der Waals surface area contributed by atoms with E-state index < -0.39 is 11.6 Å². The van der Waals surface area contributed by atoms with Gasteiger partial charge >= 0.3 is 5.97 Å². The van der Waals surface area contributed by atoms with Crippen LogP contribution in [0.5, 0.6) is 5.75 Å². The zero-order valence-corrected chi connectivity index (χ0v) is 20.1. The molecule has 0 amide bonds. The lowest BCUT2D eigenvalue weighted by molar-refractivity contribution is 0.0687. The van der Waals surface area contributed by atoms with Gasteiger partial charge < -0.3 is 19.7 Å². The maximum atomic E-state index is 14.0. The summed E-state index contributed by atoms with van der Waals surface area (Å²) in [5, 5.41) is 20.0. The van der Waals surface area contributed by atoms with E-state index in [0.29, 0.717) is 42.6 Å². The van der Waals surface area contributed by atoms with E-state index in [-0.39, 0.29) is 16.8 Å². The topological polar surface area (TPSA) is 82.0 Å². The number of ether oxygens (including phenoxy) is 1. The van der Waals surface area contributed by atoms with E-state index in [0.717, 1.165) is 29.8 Å². The Kier molecular flexibility index (Phi) is 5.86. The fourth-order valence-corrected chi connectivity index (χ4v) is 5.76. The Bertz CT molecular complexity index is 1170. The van der Waals surface area contributed by atoms with Crippen molar-refractivity contribution in [2.24, 2.45) is 5.41 Å². The molecule has 8 heteroatoms. The van der Waals surface area contributed by atoms with E-state index in [4.69, 9.17) is 4.74 Å². The summed E-state index contributed by atoms with van der Waals surface area (Å²) >= 11 is 1.24. The van der Waals surface area contributed by atoms with Gasteiger partial charge in [0.2, 0.25) is 0 Å². The quantitative estimate of drug-likeness (QED) is 0.477. The van der Waals surface area contributed by atoms with Crippen molar-refractivity contribution in [2.75, 3.05) is 31.0 Å². The van der Waals surface area contributed by atoms with Crippen molar-refractivity contribution < 1.29 is 24.1 Å². The summed E-state index contributed by atoms with van der Waals surface area (Å²) in [6.45, 7) is 6.63. The van der Waals surface area contributed by atoms with Gasteiger partial charge in [0, 0.05) is 29.9 Å². The molecule has 1 saturated carbocycles. The van der Waals surface area contributed by atoms with Crippen LogP contribution in [0.15, 0.2) is 41.3 Å². The van der Waals surface area contributed by atoms with Crippen LogP contribution in [-0.4, -0.2) is 52.9 Å². The molecule has 1 saturated heterocycles. The zero-order chi connectivity index (χ0) is 24.1. The molecule has 2 aromatic carbocycles. The molecule has 0 aromatic heterocycles. The first kappa shape index (κ1) is 23.2. The number of β-amino-alcohol motifs (C(OH)–C–C–N with tert-alkyl or cyclic N) is 1. The predicted octanol–water partition coefficient (Wildman–Crippen LogP) is 5.00. The standard InChI is InChI=1S/C26H29FN2O4S/c1-25-13-19(25)18-6-7-20(22(24(30)31)23(18)33-15-25)28-34-21-8-5-17(27)12-16(21)4-3-10-29-11-9-26(2,32)14-29/h3-8,12,19,28,32H,9-11,13-15H2,1-2H3,(H,30,31)/b4-3-/t19?,25-,26?/m0/s1. The number of aliphatic hydroxyl groups is 1. The fraction of sp³-hybridized carbons (Fsp3) is 0.423. The Balaban J connectivity index is 1.33. The van der Waals surface area contributed by atoms with Gasteiger partial charge in [0.25, 0.3) is 0 Å². The number of halogens is 1. The van der Waals surface area contributed by atoms with Crippen molar-refractivity contribution in [1.29, 1.82) is 0 Å². The first-order valence-corrected chi connectivity index (χ1v) is 12.3. The molecule has 0 spiro atoms. The highest BCUT2D eigenvalue weighted by molar-refractivity contribution is 8.00. The summed E-state index contributed by atoms with van der Waals surface area (Å²) in [4.78, 5) is 15.0. The SMILES string of the molecule is CC1(O)CCN(C/C=C\c2cc(F)ccc2SNc2ccc3c(c2C(=O)O)OC[C@]2(C)CC32)C1. The third-order valence-corrected chi connectivity index (χ3v) is 8.02. The number of carboxylic acids is 1. The third kappa shape index (κ3) is 4.54. The second kappa shape index (κ2) is 8.59. The number of carboxylic acid groups (broad SMARTS) is 1. The zero-order valence-electron chi connectivity index (χ0n) is 19.3. The molecule has 2 aromatic rings. The number of aromatic carboxylic acids is 1. The van der Waals surface area contributed by atoms with Crippen molar-refractivity contribution in [3.05, 3.63) is 58.9 Å². The van der Waals surface area contributed by atoms with E-state index in [1.165, 1.54) is 24.1 Å². The molecule has 180 valence electrons. The smallest absolute Gasteiger partial charge is 0.341 e. The van der Waals surface area contributed by atoms with E-state index in [1.807, 2.05) is 25.1 Å². The summed E-state index contributed by atoms with van der Waals surface area (Å²) < 4.78 is 23.0. The second-order valence-corrected chi connectivity index (χ2v) is 11.0. The number of benzene rings is 2. The molecule has 0 bridgehead atoms. The van der Waals surface area contributed by atoms with Gasteiger partial charge in [-0.15, -0.1) is 0 Å². The van der Waals surface area contributed by atoms with Gasteiger partial charge in [0.1, 0.15) is 17.1 Å². The third-order valence-electron chi connectivity index (χ3n) is 7.11. The van der Waals surface area contributed by atoms with Crippen LogP contribution in [-0.2, 0) is 0 Å². The number of rotatable bonds is 7. The Labute approximate surface area is 202 Å². The summed E-state index contributed by atoms with van der Waals surface area (Å²) in [6, 6.07) is 8.28. The first-order valence-electron chi connectivity index (χ1n) is 11.5. The Morgan fingerprint density at radius 1 is 1.35 bits per heavy atom. The van der Waals surface area contributed by atoms with Crippen molar-refractivity contribution >= 4 is 29.7 Å². The molecule has 3 atom stereocenters. The lowest BCUT2D eigenvalue weighted by Gasteiger charge is -2.25. The summed E-state index contributed by atoms with van der Waals surface area (Å²) in [5.74, 6) is -0.568. The number of anilines is 1. The lowest BCUT2D eigenvalue weighted by atomic mass is 9.95. The molecule has 2 fully saturated rings. The molecule has 6 nitrogen and oxygen atoms in total. The largest absolute Gasteiger partial charge is 0.492 e. The minimum absolute atomic E-state index is 0.118. The predicted molar refractivity (Wildman–Crippen MR) is 131 cm³/mol. The van der Waals surface area contributed by atoms with Gasteiger partial charge in [-0.05, 0) is 73.0 Å². The van der Waals surface area contributed by atoms with Crippen LogP contribution in [0.2, 0.25) is 0 Å². The molecule has 1 aliphatic carbocycles. The molecule has 2 unspecified atom stereocenters. The van der Waals surface area contributed by atoms with E-state index in [1.54, 1.807) is 12.1 Å². The summed E-state index contributed by atoms with van der Waals surface area (Å²) in [7, 11) is 0. The normalized spacial score (nSPS) is 27.8. The number of hydrogen-bond acceptors (Lipinski definition) is 6. The Morgan fingerprint density at radius 2 is 2.18 bits per heavy atom. The molecule has 2 aliphatic heterocycles. The van der Waals surface area contributed by atoms with E-state index in [2.05, 4.69) is 16.5 Å². The van der Waals surface area contributed by atoms with Crippen LogP contribution in [0.25, 0.3) is 6.08 Å². The van der Waals surface area contributed by atoms with Crippen LogP contribution in [0.3, 0.4) is 0 Å². The van der Waals surface area contributed by atoms with E-state index in [9.17, 15) is 19.4 Å². The highest BCUT2D eigenvalue weighted by Gasteiger charge is 2.55. The average molecular weight is 485 g/mol. The van der Waals surface area contributed by atoms with Crippen molar-refractivity contribution in [3.8, 4) is 5.75 Å². The fourth-order valence-electron chi connectivity index (χ4n) is 4.99. The van der Waals surface area contributed by atoms with E-state index >= 15 is 0 Å². The van der Waals surface area contributed by atoms with Gasteiger partial charge in [-0.3, -0.25) is 4.90 Å². The summed E-state index contributed by atoms with van der Waals surface area (Å²) in [5.41, 5.74) is 1.72. The van der Waals surface area contributed by atoms with Gasteiger partial charge in [-0.25, -0.2) is 9.18 Å². The van der Waals surface area contributed by atoms with Crippen molar-refractivity contribution in [1.82, 2.24) is 4.90 Å². The van der Waals surface area contributed by atoms with Crippen LogP contribution in [0.4, 0.5) is 10.1 Å². The number of hydrogen-bond donors (Lipinski definition) is 3. The monoisotopic (exact) mass is 484 g/mol. The Morgan fingerprint density at radius 3 is 2.91 bits per heavy atom. The average Bonchev–Trinajstić information content (AvgIpc) is 3.36. The van der Waals surface area contributed by atoms with Gasteiger partial charge in [0.15, 0.2) is 0 Å². The van der Waals surface area contributed by atoms with Crippen molar-refractivity contribution in [3.63, 3.8) is 0 Å². The van der Waals surface area contributed by atoms with Gasteiger partial charge in [-0.2, -0.15) is 0 Å². The van der Waals surface area contributed by atoms with Gasteiger partial charge in [0.05, 0.1) is 17.9 Å². The van der Waals surface area contributed by atoms with Gasteiger partial charge in [-0.1, -0.05) is 25.1 Å². The summed E-state index contributed by atoms with van der Waals surface area (Å²) in [6.07, 6.45) is 5.58. The van der Waals surface area contributed by atoms with Crippen LogP contribution >= 0.6 is 11.9 Å². The number of likely N-dealkylation sites (tertiary alicyclic amines) is 1.